The lowest BCUT2D eigenvalue weighted by molar-refractivity contribution is 0.179. The molecule has 0 bridgehead atoms. The lowest BCUT2D eigenvalue weighted by Gasteiger charge is -2.39. The maximum Gasteiger partial charge on any atom is 0.0288 e. The first kappa shape index (κ1) is 15.1. The molecule has 1 saturated heterocycles. The monoisotopic (exact) mass is 291 g/mol. The van der Waals surface area contributed by atoms with Crippen molar-refractivity contribution in [3.05, 3.63) is 77.4 Å². The van der Waals surface area contributed by atoms with Crippen LogP contribution in [0.25, 0.3) is 5.57 Å². The third-order valence-electron chi connectivity index (χ3n) is 5.09. The Bertz CT molecular complexity index is 601. The summed E-state index contributed by atoms with van der Waals surface area (Å²) in [6.07, 6.45) is 2.42. The number of nitrogens with zero attached hydrogens (tertiary/aromatic N) is 1. The molecule has 1 nitrogen and oxygen atoms in total. The van der Waals surface area contributed by atoms with E-state index >= 15 is 0 Å². The van der Waals surface area contributed by atoms with Crippen LogP contribution in [0.2, 0.25) is 0 Å². The van der Waals surface area contributed by atoms with E-state index in [-0.39, 0.29) is 0 Å². The normalized spacial score (nSPS) is 22.6. The summed E-state index contributed by atoms with van der Waals surface area (Å²) < 4.78 is 0. The quantitative estimate of drug-likeness (QED) is 0.753. The van der Waals surface area contributed by atoms with Crippen LogP contribution in [0.15, 0.2) is 66.2 Å². The third-order valence-corrected chi connectivity index (χ3v) is 5.09. The van der Waals surface area contributed by atoms with Crippen molar-refractivity contribution in [2.75, 3.05) is 7.05 Å². The van der Waals surface area contributed by atoms with Crippen LogP contribution in [0.3, 0.4) is 0 Å². The van der Waals surface area contributed by atoms with Crippen LogP contribution >= 0.6 is 0 Å². The molecule has 0 aromatic heterocycles. The zero-order valence-corrected chi connectivity index (χ0v) is 13.8. The molecule has 1 aliphatic rings. The first-order valence-electron chi connectivity index (χ1n) is 8.24. The Morgan fingerprint density at radius 2 is 1.36 bits per heavy atom. The summed E-state index contributed by atoms with van der Waals surface area (Å²) in [6.45, 7) is 4.68. The summed E-state index contributed by atoms with van der Waals surface area (Å²) in [6, 6.07) is 22.8. The number of likely N-dealkylation sites (N-methyl/N-ethyl adjacent to an activating group) is 1. The first-order chi connectivity index (χ1) is 10.7. The molecule has 2 atom stereocenters. The molecule has 0 N–H and O–H groups in total. The number of benzene rings is 2. The van der Waals surface area contributed by atoms with Gasteiger partial charge >= 0.3 is 0 Å². The highest BCUT2D eigenvalue weighted by Gasteiger charge is 2.28. The molecule has 1 heterocycles. The van der Waals surface area contributed by atoms with Gasteiger partial charge in [-0.3, -0.25) is 4.90 Å². The number of hydrogen-bond donors (Lipinski definition) is 0. The predicted octanol–water partition coefficient (Wildman–Crippen LogP) is 4.99. The van der Waals surface area contributed by atoms with Crippen molar-refractivity contribution in [1.82, 2.24) is 4.90 Å². The van der Waals surface area contributed by atoms with Crippen LogP contribution in [0.5, 0.6) is 0 Å². The van der Waals surface area contributed by atoms with E-state index in [1.165, 1.54) is 29.5 Å². The summed E-state index contributed by atoms with van der Waals surface area (Å²) in [5.74, 6) is 0. The highest BCUT2D eigenvalue weighted by atomic mass is 15.2. The first-order valence-corrected chi connectivity index (χ1v) is 8.24. The Kier molecular flexibility index (Phi) is 4.44. The molecule has 2 aromatic carbocycles. The number of hydrogen-bond acceptors (Lipinski definition) is 1. The summed E-state index contributed by atoms with van der Waals surface area (Å²) >= 11 is 0. The van der Waals surface area contributed by atoms with E-state index in [9.17, 15) is 0 Å². The molecule has 3 rings (SSSR count). The second-order valence-electron chi connectivity index (χ2n) is 6.36. The minimum Gasteiger partial charge on any atom is -0.297 e. The van der Waals surface area contributed by atoms with Gasteiger partial charge < -0.3 is 0 Å². The molecule has 0 radical (unpaired) electrons. The average molecular weight is 291 g/mol. The molecular weight excluding hydrogens is 266 g/mol. The van der Waals surface area contributed by atoms with Crippen molar-refractivity contribution in [1.29, 1.82) is 0 Å². The summed E-state index contributed by atoms with van der Waals surface area (Å²) in [7, 11) is 2.25. The molecule has 1 fully saturated rings. The number of likely N-dealkylation sites (tertiary alicyclic amines) is 1. The van der Waals surface area contributed by atoms with Gasteiger partial charge in [0.15, 0.2) is 0 Å². The van der Waals surface area contributed by atoms with Gasteiger partial charge in [0.25, 0.3) is 0 Å². The van der Waals surface area contributed by atoms with E-state index in [0.29, 0.717) is 12.1 Å². The lowest BCUT2D eigenvalue weighted by atomic mass is 9.84. The smallest absolute Gasteiger partial charge is 0.0288 e. The Morgan fingerprint density at radius 1 is 0.864 bits per heavy atom. The Balaban J connectivity index is 2.16. The second kappa shape index (κ2) is 6.50. The van der Waals surface area contributed by atoms with Gasteiger partial charge in [-0.05, 0) is 56.0 Å². The lowest BCUT2D eigenvalue weighted by Crippen LogP contribution is -2.42. The standard InChI is InChI=1S/C21H25N/c1-16-14-15-20(17(2)22(16)3)21(18-10-6-4-7-11-18)19-12-8-5-9-13-19/h4-13,16-17H,14-15H2,1-3H3/t16-,17-/m1/s1. The van der Waals surface area contributed by atoms with Gasteiger partial charge in [-0.1, -0.05) is 60.7 Å². The fraction of sp³-hybridized carbons (Fsp3) is 0.333. The second-order valence-corrected chi connectivity index (χ2v) is 6.36. The summed E-state index contributed by atoms with van der Waals surface area (Å²) in [5, 5.41) is 0. The molecular formula is C21H25N. The predicted molar refractivity (Wildman–Crippen MR) is 94.8 cm³/mol. The Labute approximate surface area is 134 Å². The van der Waals surface area contributed by atoms with Gasteiger partial charge in [-0.2, -0.15) is 0 Å². The van der Waals surface area contributed by atoms with E-state index in [0.717, 1.165) is 0 Å². The molecule has 0 unspecified atom stereocenters. The number of rotatable bonds is 2. The van der Waals surface area contributed by atoms with Gasteiger partial charge in [-0.15, -0.1) is 0 Å². The van der Waals surface area contributed by atoms with E-state index in [1.54, 1.807) is 5.57 Å². The van der Waals surface area contributed by atoms with Crippen molar-refractivity contribution < 1.29 is 0 Å². The van der Waals surface area contributed by atoms with Crippen LogP contribution < -0.4 is 0 Å². The molecule has 22 heavy (non-hydrogen) atoms. The van der Waals surface area contributed by atoms with Crippen LogP contribution in [-0.2, 0) is 0 Å². The van der Waals surface area contributed by atoms with E-state index < -0.39 is 0 Å². The van der Waals surface area contributed by atoms with Gasteiger partial charge in [0.1, 0.15) is 0 Å². The van der Waals surface area contributed by atoms with Gasteiger partial charge in [0, 0.05) is 12.1 Å². The molecule has 2 aromatic rings. The van der Waals surface area contributed by atoms with Crippen molar-refractivity contribution in [2.24, 2.45) is 0 Å². The Morgan fingerprint density at radius 3 is 1.86 bits per heavy atom. The van der Waals surface area contributed by atoms with E-state index in [4.69, 9.17) is 0 Å². The maximum absolute atomic E-state index is 2.50. The SMILES string of the molecule is C[C@@H]1CCC(=C(c2ccccc2)c2ccccc2)[C@@H](C)N1C. The van der Waals surface area contributed by atoms with Crippen molar-refractivity contribution >= 4 is 5.57 Å². The highest BCUT2D eigenvalue weighted by Crippen LogP contribution is 2.35. The number of piperidine rings is 1. The van der Waals surface area contributed by atoms with Crippen LogP contribution in [-0.4, -0.2) is 24.0 Å². The molecule has 1 aliphatic heterocycles. The molecule has 0 saturated carbocycles. The van der Waals surface area contributed by atoms with Crippen LogP contribution in [0.1, 0.15) is 37.8 Å². The average Bonchev–Trinajstić information content (AvgIpc) is 2.57. The van der Waals surface area contributed by atoms with E-state index in [2.05, 4.69) is 86.5 Å². The van der Waals surface area contributed by atoms with Crippen LogP contribution in [0.4, 0.5) is 0 Å². The van der Waals surface area contributed by atoms with Gasteiger partial charge in [0.2, 0.25) is 0 Å². The van der Waals surface area contributed by atoms with Crippen molar-refractivity contribution in [2.45, 2.75) is 38.8 Å². The zero-order valence-electron chi connectivity index (χ0n) is 13.8. The topological polar surface area (TPSA) is 3.24 Å². The molecule has 1 heteroatoms. The zero-order chi connectivity index (χ0) is 15.5. The van der Waals surface area contributed by atoms with Crippen LogP contribution in [0, 0.1) is 0 Å². The fourth-order valence-corrected chi connectivity index (χ4v) is 3.49. The van der Waals surface area contributed by atoms with E-state index in [1.807, 2.05) is 0 Å². The molecule has 0 spiro atoms. The largest absolute Gasteiger partial charge is 0.297 e. The van der Waals surface area contributed by atoms with Gasteiger partial charge in [-0.25, -0.2) is 0 Å². The molecule has 114 valence electrons. The van der Waals surface area contributed by atoms with Crippen molar-refractivity contribution in [3.8, 4) is 0 Å². The molecule has 0 amide bonds. The maximum atomic E-state index is 2.50. The van der Waals surface area contributed by atoms with Gasteiger partial charge in [0.05, 0.1) is 0 Å². The van der Waals surface area contributed by atoms with Crippen molar-refractivity contribution in [3.63, 3.8) is 0 Å². The molecule has 0 aliphatic carbocycles. The third kappa shape index (κ3) is 2.86. The fourth-order valence-electron chi connectivity index (χ4n) is 3.49. The highest BCUT2D eigenvalue weighted by molar-refractivity contribution is 5.82. The minimum atomic E-state index is 0.485. The Hall–Kier alpha value is -1.86. The summed E-state index contributed by atoms with van der Waals surface area (Å²) in [5.41, 5.74) is 5.66. The minimum absolute atomic E-state index is 0.485. The summed E-state index contributed by atoms with van der Waals surface area (Å²) in [4.78, 5) is 2.50.